The summed E-state index contributed by atoms with van der Waals surface area (Å²) in [6.45, 7) is 2.91. The first-order valence-electron chi connectivity index (χ1n) is 5.91. The van der Waals surface area contributed by atoms with Crippen LogP contribution in [-0.2, 0) is 9.53 Å². The predicted octanol–water partition coefficient (Wildman–Crippen LogP) is 0.641. The van der Waals surface area contributed by atoms with Crippen LogP contribution in [0.15, 0.2) is 0 Å². The molecular weight excluding hydrogens is 232 g/mol. The second kappa shape index (κ2) is 4.17. The average Bonchev–Trinajstić information content (AvgIpc) is 2.69. The summed E-state index contributed by atoms with van der Waals surface area (Å²) in [5, 5.41) is 10.2. The molecule has 0 aromatic rings. The number of fused-ring (bicyclic) bond motifs is 2. The normalized spacial score (nSPS) is 36.9. The van der Waals surface area contributed by atoms with Crippen LogP contribution in [0.3, 0.4) is 0 Å². The zero-order valence-electron chi connectivity index (χ0n) is 9.79. The average molecular weight is 249 g/mol. The van der Waals surface area contributed by atoms with E-state index in [-0.39, 0.29) is 13.0 Å². The van der Waals surface area contributed by atoms with Crippen molar-refractivity contribution in [2.75, 3.05) is 26.2 Å². The molecule has 0 aliphatic carbocycles. The third-order valence-corrected chi connectivity index (χ3v) is 3.83. The van der Waals surface area contributed by atoms with Crippen LogP contribution in [-0.4, -0.2) is 53.7 Å². The van der Waals surface area contributed by atoms with Gasteiger partial charge >= 0.3 is 11.9 Å². The van der Waals surface area contributed by atoms with Gasteiger partial charge in [-0.2, -0.15) is 8.78 Å². The monoisotopic (exact) mass is 249 g/mol. The van der Waals surface area contributed by atoms with Crippen LogP contribution in [0, 0.1) is 5.92 Å². The molecule has 4 nitrogen and oxygen atoms in total. The van der Waals surface area contributed by atoms with Gasteiger partial charge in [0.05, 0.1) is 6.61 Å². The molecule has 3 atom stereocenters. The van der Waals surface area contributed by atoms with Crippen molar-refractivity contribution in [2.45, 2.75) is 31.3 Å². The standard InChI is InChI=1S/C11H17F2NO3/c1-2-17-9(15)11(12,13)10(16)4-6-14-5-3-8(10)7-14/h8,16H,2-7H2,1H3. The number of halogens is 2. The highest BCUT2D eigenvalue weighted by Gasteiger charge is 2.65. The highest BCUT2D eigenvalue weighted by Crippen LogP contribution is 2.45. The van der Waals surface area contributed by atoms with E-state index in [1.807, 2.05) is 4.90 Å². The highest BCUT2D eigenvalue weighted by atomic mass is 19.3. The van der Waals surface area contributed by atoms with E-state index in [0.29, 0.717) is 26.1 Å². The summed E-state index contributed by atoms with van der Waals surface area (Å²) in [4.78, 5) is 13.3. The molecule has 2 aliphatic rings. The molecule has 2 heterocycles. The molecule has 0 amide bonds. The molecule has 17 heavy (non-hydrogen) atoms. The minimum absolute atomic E-state index is 0.0799. The number of esters is 1. The number of piperidine rings is 1. The molecule has 2 aliphatic heterocycles. The summed E-state index contributed by atoms with van der Waals surface area (Å²) in [7, 11) is 0. The smallest absolute Gasteiger partial charge is 0.380 e. The summed E-state index contributed by atoms with van der Waals surface area (Å²) >= 11 is 0. The lowest BCUT2D eigenvalue weighted by Gasteiger charge is -2.42. The van der Waals surface area contributed by atoms with E-state index in [2.05, 4.69) is 4.74 Å². The van der Waals surface area contributed by atoms with Crippen LogP contribution < -0.4 is 0 Å². The lowest BCUT2D eigenvalue weighted by Crippen LogP contribution is -2.61. The second-order valence-electron chi connectivity index (χ2n) is 4.76. The summed E-state index contributed by atoms with van der Waals surface area (Å²) in [6.07, 6.45) is 0.426. The number of aliphatic hydroxyl groups is 1. The van der Waals surface area contributed by atoms with E-state index >= 15 is 0 Å². The molecular formula is C11H17F2NO3. The number of ether oxygens (including phenoxy) is 1. The minimum Gasteiger partial charge on any atom is -0.461 e. The first-order chi connectivity index (χ1) is 7.91. The molecule has 2 fully saturated rings. The van der Waals surface area contributed by atoms with E-state index in [0.717, 1.165) is 0 Å². The van der Waals surface area contributed by atoms with Gasteiger partial charge in [-0.1, -0.05) is 0 Å². The Balaban J connectivity index is 2.21. The number of hydrogen-bond donors (Lipinski definition) is 1. The van der Waals surface area contributed by atoms with Crippen LogP contribution >= 0.6 is 0 Å². The number of nitrogens with zero attached hydrogens (tertiary/aromatic N) is 1. The van der Waals surface area contributed by atoms with Gasteiger partial charge in [-0.05, 0) is 26.3 Å². The van der Waals surface area contributed by atoms with Crippen molar-refractivity contribution in [3.8, 4) is 0 Å². The quantitative estimate of drug-likeness (QED) is 0.746. The number of rotatable bonds is 3. The number of hydrogen-bond acceptors (Lipinski definition) is 4. The number of alkyl halides is 2. The molecule has 2 rings (SSSR count). The molecule has 6 heteroatoms. The minimum atomic E-state index is -3.82. The molecule has 0 saturated carbocycles. The number of carbonyl (C=O) groups excluding carboxylic acids is 1. The molecule has 2 bridgehead atoms. The van der Waals surface area contributed by atoms with E-state index in [1.54, 1.807) is 0 Å². The van der Waals surface area contributed by atoms with Gasteiger partial charge in [0.25, 0.3) is 0 Å². The maximum atomic E-state index is 14.0. The molecule has 2 saturated heterocycles. The van der Waals surface area contributed by atoms with Crippen molar-refractivity contribution in [3.63, 3.8) is 0 Å². The van der Waals surface area contributed by atoms with Gasteiger partial charge in [-0.25, -0.2) is 4.79 Å². The van der Waals surface area contributed by atoms with Gasteiger partial charge in [-0.3, -0.25) is 0 Å². The lowest BCUT2D eigenvalue weighted by atomic mass is 9.77. The van der Waals surface area contributed by atoms with Crippen LogP contribution in [0.1, 0.15) is 19.8 Å². The van der Waals surface area contributed by atoms with Crippen molar-refractivity contribution in [1.29, 1.82) is 0 Å². The van der Waals surface area contributed by atoms with Gasteiger partial charge in [0.1, 0.15) is 5.60 Å². The zero-order chi connectivity index (χ0) is 12.7. The topological polar surface area (TPSA) is 49.8 Å². The van der Waals surface area contributed by atoms with Gasteiger partial charge in [0, 0.05) is 19.0 Å². The van der Waals surface area contributed by atoms with Crippen LogP contribution in [0.2, 0.25) is 0 Å². The van der Waals surface area contributed by atoms with Crippen LogP contribution in [0.5, 0.6) is 0 Å². The third-order valence-electron chi connectivity index (χ3n) is 3.83. The third kappa shape index (κ3) is 1.83. The lowest BCUT2D eigenvalue weighted by molar-refractivity contribution is -0.232. The SMILES string of the molecule is CCOC(=O)C(F)(F)C1(O)CCN2CCC1C2. The molecule has 0 spiro atoms. The Hall–Kier alpha value is -0.750. The Labute approximate surface area is 98.5 Å². The Morgan fingerprint density at radius 2 is 2.29 bits per heavy atom. The summed E-state index contributed by atoms with van der Waals surface area (Å²) in [6, 6.07) is 0. The fraction of sp³-hybridized carbons (Fsp3) is 0.909. The second-order valence-corrected chi connectivity index (χ2v) is 4.76. The molecule has 1 N–H and O–H groups in total. The largest absolute Gasteiger partial charge is 0.461 e. The van der Waals surface area contributed by atoms with Crippen molar-refractivity contribution >= 4 is 5.97 Å². The highest BCUT2D eigenvalue weighted by molar-refractivity contribution is 5.79. The van der Waals surface area contributed by atoms with E-state index in [9.17, 15) is 18.7 Å². The van der Waals surface area contributed by atoms with Gasteiger partial charge in [0.2, 0.25) is 0 Å². The van der Waals surface area contributed by atoms with Gasteiger partial charge in [0.15, 0.2) is 0 Å². The first kappa shape index (κ1) is 12.7. The van der Waals surface area contributed by atoms with Crippen molar-refractivity contribution in [3.05, 3.63) is 0 Å². The Morgan fingerprint density at radius 3 is 2.94 bits per heavy atom. The zero-order valence-corrected chi connectivity index (χ0v) is 9.79. The van der Waals surface area contributed by atoms with Crippen LogP contribution in [0.25, 0.3) is 0 Å². The molecule has 0 aromatic heterocycles. The fourth-order valence-corrected chi connectivity index (χ4v) is 2.77. The maximum absolute atomic E-state index is 14.0. The van der Waals surface area contributed by atoms with Gasteiger partial charge in [-0.15, -0.1) is 0 Å². The van der Waals surface area contributed by atoms with Crippen molar-refractivity contribution in [1.82, 2.24) is 4.90 Å². The van der Waals surface area contributed by atoms with Crippen molar-refractivity contribution < 1.29 is 23.4 Å². The molecule has 98 valence electrons. The van der Waals surface area contributed by atoms with E-state index < -0.39 is 23.4 Å². The predicted molar refractivity (Wildman–Crippen MR) is 55.7 cm³/mol. The molecule has 0 aromatic carbocycles. The Kier molecular flexibility index (Phi) is 3.12. The van der Waals surface area contributed by atoms with Crippen molar-refractivity contribution in [2.24, 2.45) is 5.92 Å². The maximum Gasteiger partial charge on any atom is 0.380 e. The summed E-state index contributed by atoms with van der Waals surface area (Å²) in [5.74, 6) is -5.97. The summed E-state index contributed by atoms with van der Waals surface area (Å²) in [5.41, 5.74) is -2.24. The first-order valence-corrected chi connectivity index (χ1v) is 5.91. The molecule has 0 radical (unpaired) electrons. The van der Waals surface area contributed by atoms with Crippen LogP contribution in [0.4, 0.5) is 8.78 Å². The number of carbonyl (C=O) groups is 1. The summed E-state index contributed by atoms with van der Waals surface area (Å²) < 4.78 is 32.3. The van der Waals surface area contributed by atoms with Gasteiger partial charge < -0.3 is 14.7 Å². The Bertz CT molecular complexity index is 324. The molecule has 3 unspecified atom stereocenters. The van der Waals surface area contributed by atoms with E-state index in [4.69, 9.17) is 0 Å². The Morgan fingerprint density at radius 1 is 1.59 bits per heavy atom. The van der Waals surface area contributed by atoms with E-state index in [1.165, 1.54) is 6.92 Å². The fourth-order valence-electron chi connectivity index (χ4n) is 2.77.